The fourth-order valence-electron chi connectivity index (χ4n) is 5.19. The molecule has 0 spiro atoms. The van der Waals surface area contributed by atoms with Crippen LogP contribution in [0.25, 0.3) is 23.0 Å². The first-order chi connectivity index (χ1) is 21.0. The van der Waals surface area contributed by atoms with Gasteiger partial charge in [0, 0.05) is 17.3 Å². The average molecular weight is 591 g/mol. The third-order valence-electron chi connectivity index (χ3n) is 7.12. The second kappa shape index (κ2) is 12.1. The third kappa shape index (κ3) is 5.47. The van der Waals surface area contributed by atoms with Crippen LogP contribution in [0.15, 0.2) is 112 Å². The van der Waals surface area contributed by atoms with E-state index in [-0.39, 0.29) is 12.2 Å². The Kier molecular flexibility index (Phi) is 7.89. The summed E-state index contributed by atoms with van der Waals surface area (Å²) in [5.74, 6) is 0.297. The monoisotopic (exact) mass is 590 g/mol. The van der Waals surface area contributed by atoms with Crippen molar-refractivity contribution in [3.63, 3.8) is 0 Å². The van der Waals surface area contributed by atoms with E-state index in [1.165, 1.54) is 11.3 Å². The van der Waals surface area contributed by atoms with Gasteiger partial charge in [-0.1, -0.05) is 59.9 Å². The van der Waals surface area contributed by atoms with Crippen LogP contribution in [-0.4, -0.2) is 33.5 Å². The fraction of sp³-hybridized carbons (Fsp3) is 0.176. The number of rotatable bonds is 8. The Morgan fingerprint density at radius 1 is 0.953 bits per heavy atom. The van der Waals surface area contributed by atoms with Gasteiger partial charge < -0.3 is 9.47 Å². The molecule has 0 bridgehead atoms. The van der Waals surface area contributed by atoms with Gasteiger partial charge in [0.2, 0.25) is 0 Å². The summed E-state index contributed by atoms with van der Waals surface area (Å²) in [5, 5.41) is 4.91. The van der Waals surface area contributed by atoms with E-state index in [2.05, 4.69) is 0 Å². The lowest BCUT2D eigenvalue weighted by Crippen LogP contribution is -2.39. The number of thiazole rings is 1. The number of carbonyl (C=O) groups is 1. The van der Waals surface area contributed by atoms with Crippen molar-refractivity contribution < 1.29 is 14.3 Å². The summed E-state index contributed by atoms with van der Waals surface area (Å²) in [6.45, 7) is 6.30. The highest BCUT2D eigenvalue weighted by Crippen LogP contribution is 2.31. The first kappa shape index (κ1) is 28.1. The van der Waals surface area contributed by atoms with Crippen LogP contribution < -0.4 is 19.6 Å². The lowest BCUT2D eigenvalue weighted by atomic mass is 9.96. The molecule has 3 heterocycles. The normalized spacial score (nSPS) is 14.8. The Labute approximate surface area is 252 Å². The second-order valence-electron chi connectivity index (χ2n) is 9.88. The van der Waals surface area contributed by atoms with E-state index >= 15 is 0 Å². The summed E-state index contributed by atoms with van der Waals surface area (Å²) in [7, 11) is 0. The van der Waals surface area contributed by atoms with E-state index in [0.29, 0.717) is 27.2 Å². The fourth-order valence-corrected chi connectivity index (χ4v) is 6.23. The topological polar surface area (TPSA) is 87.7 Å². The molecule has 5 aromatic rings. The zero-order valence-corrected chi connectivity index (χ0v) is 24.9. The second-order valence-corrected chi connectivity index (χ2v) is 10.9. The number of nitrogens with zero attached hydrogens (tertiary/aromatic N) is 4. The van der Waals surface area contributed by atoms with Crippen LogP contribution in [0.4, 0.5) is 0 Å². The minimum atomic E-state index is -0.656. The van der Waals surface area contributed by atoms with Gasteiger partial charge in [0.1, 0.15) is 11.4 Å². The molecule has 0 radical (unpaired) electrons. The van der Waals surface area contributed by atoms with E-state index in [1.54, 1.807) is 18.4 Å². The molecule has 0 saturated heterocycles. The van der Waals surface area contributed by atoms with Gasteiger partial charge in [-0.3, -0.25) is 9.36 Å². The zero-order chi connectivity index (χ0) is 29.9. The average Bonchev–Trinajstić information content (AvgIpc) is 3.58. The highest BCUT2D eigenvalue weighted by Gasteiger charge is 2.33. The molecule has 1 atom stereocenters. The Morgan fingerprint density at radius 3 is 2.33 bits per heavy atom. The minimum Gasteiger partial charge on any atom is -0.494 e. The van der Waals surface area contributed by atoms with Crippen molar-refractivity contribution in [2.75, 3.05) is 13.2 Å². The van der Waals surface area contributed by atoms with Gasteiger partial charge >= 0.3 is 5.97 Å². The van der Waals surface area contributed by atoms with Crippen LogP contribution in [0, 0.1) is 0 Å². The lowest BCUT2D eigenvalue weighted by Gasteiger charge is -2.24. The quantitative estimate of drug-likeness (QED) is 0.236. The van der Waals surface area contributed by atoms with E-state index in [4.69, 9.17) is 19.6 Å². The Morgan fingerprint density at radius 2 is 1.65 bits per heavy atom. The highest BCUT2D eigenvalue weighted by molar-refractivity contribution is 7.07. The van der Waals surface area contributed by atoms with Gasteiger partial charge in [0.05, 0.1) is 40.7 Å². The number of aromatic nitrogens is 3. The van der Waals surface area contributed by atoms with Crippen molar-refractivity contribution in [1.82, 2.24) is 14.3 Å². The number of ether oxygens (including phenoxy) is 2. The molecule has 216 valence electrons. The van der Waals surface area contributed by atoms with E-state index in [9.17, 15) is 9.59 Å². The molecule has 0 fully saturated rings. The van der Waals surface area contributed by atoms with Crippen molar-refractivity contribution in [2.45, 2.75) is 26.8 Å². The molecule has 1 aliphatic heterocycles. The Bertz CT molecular complexity index is 1990. The van der Waals surface area contributed by atoms with E-state index in [1.807, 2.05) is 109 Å². The number of para-hydroxylation sites is 1. The van der Waals surface area contributed by atoms with Gasteiger partial charge in [0.15, 0.2) is 4.80 Å². The lowest BCUT2D eigenvalue weighted by molar-refractivity contribution is -0.139. The van der Waals surface area contributed by atoms with Crippen LogP contribution in [0.1, 0.15) is 37.9 Å². The van der Waals surface area contributed by atoms with Crippen molar-refractivity contribution in [3.05, 3.63) is 133 Å². The molecular weight excluding hydrogens is 560 g/mol. The summed E-state index contributed by atoms with van der Waals surface area (Å²) in [5.41, 5.74) is 4.74. The molecule has 3 aromatic carbocycles. The van der Waals surface area contributed by atoms with Crippen molar-refractivity contribution in [2.24, 2.45) is 4.99 Å². The number of benzene rings is 3. The summed E-state index contributed by atoms with van der Waals surface area (Å²) in [6, 6.07) is 26.4. The summed E-state index contributed by atoms with van der Waals surface area (Å²) in [4.78, 5) is 32.5. The molecule has 0 unspecified atom stereocenters. The number of hydrogen-bond donors (Lipinski definition) is 0. The van der Waals surface area contributed by atoms with Crippen LogP contribution in [0.2, 0.25) is 0 Å². The highest BCUT2D eigenvalue weighted by atomic mass is 32.1. The van der Waals surface area contributed by atoms with Crippen LogP contribution in [0.5, 0.6) is 5.75 Å². The van der Waals surface area contributed by atoms with Crippen LogP contribution in [-0.2, 0) is 9.53 Å². The summed E-state index contributed by atoms with van der Waals surface area (Å²) in [6.07, 6.45) is 3.77. The maximum atomic E-state index is 14.1. The number of carbonyl (C=O) groups excluding carboxylic acids is 1. The van der Waals surface area contributed by atoms with Crippen LogP contribution in [0.3, 0.4) is 0 Å². The minimum absolute atomic E-state index is 0.223. The first-order valence-corrected chi connectivity index (χ1v) is 14.9. The smallest absolute Gasteiger partial charge is 0.338 e. The molecule has 8 nitrogen and oxygen atoms in total. The summed E-state index contributed by atoms with van der Waals surface area (Å²) < 4.78 is 14.9. The standard InChI is InChI=1S/C34H30N4O4S/c1-4-41-27-18-16-23(17-19-27)30-25(21-37(36-30)26-14-10-7-11-15-26)20-28-32(39)38-31(24-12-8-6-9-13-24)29(33(40)42-5-2)22(3)35-34(38)43-28/h6-21,31H,4-5H2,1-3H3/b28-20-/t31-/m0/s1. The molecule has 0 saturated carbocycles. The van der Waals surface area contributed by atoms with E-state index < -0.39 is 12.0 Å². The van der Waals surface area contributed by atoms with Gasteiger partial charge in [-0.15, -0.1) is 0 Å². The van der Waals surface area contributed by atoms with Crippen molar-refractivity contribution in [3.8, 4) is 22.7 Å². The maximum absolute atomic E-state index is 14.1. The molecule has 2 aromatic heterocycles. The molecule has 9 heteroatoms. The van der Waals surface area contributed by atoms with Crippen molar-refractivity contribution >= 4 is 23.4 Å². The first-order valence-electron chi connectivity index (χ1n) is 14.1. The molecule has 0 N–H and O–H groups in total. The molecule has 43 heavy (non-hydrogen) atoms. The molecular formula is C34H30N4O4S. The van der Waals surface area contributed by atoms with Gasteiger partial charge in [-0.2, -0.15) is 5.10 Å². The van der Waals surface area contributed by atoms with Crippen molar-refractivity contribution in [1.29, 1.82) is 0 Å². The van der Waals surface area contributed by atoms with Gasteiger partial charge in [0.25, 0.3) is 5.56 Å². The number of hydrogen-bond acceptors (Lipinski definition) is 7. The Balaban J connectivity index is 1.53. The maximum Gasteiger partial charge on any atom is 0.338 e. The molecule has 0 aliphatic carbocycles. The SMILES string of the molecule is CCOC(=O)C1=C(C)N=c2s/c(=C\c3cn(-c4ccccc4)nc3-c3ccc(OCC)cc3)c(=O)n2[C@H]1c1ccccc1. The largest absolute Gasteiger partial charge is 0.494 e. The number of allylic oxidation sites excluding steroid dienone is 1. The molecule has 1 aliphatic rings. The predicted octanol–water partition coefficient (Wildman–Crippen LogP) is 5.05. The molecule has 0 amide bonds. The number of esters is 1. The van der Waals surface area contributed by atoms with Gasteiger partial charge in [-0.25, -0.2) is 14.5 Å². The van der Waals surface area contributed by atoms with Gasteiger partial charge in [-0.05, 0) is 68.8 Å². The van der Waals surface area contributed by atoms with Crippen LogP contribution >= 0.6 is 11.3 Å². The molecule has 6 rings (SSSR count). The third-order valence-corrected chi connectivity index (χ3v) is 8.10. The van der Waals surface area contributed by atoms with E-state index in [0.717, 1.165) is 33.8 Å². The summed E-state index contributed by atoms with van der Waals surface area (Å²) >= 11 is 1.29. The zero-order valence-electron chi connectivity index (χ0n) is 24.1. The number of fused-ring (bicyclic) bond motifs is 1. The Hall–Kier alpha value is -5.02. The predicted molar refractivity (Wildman–Crippen MR) is 167 cm³/mol.